The van der Waals surface area contributed by atoms with Crippen LogP contribution in [-0.2, 0) is 0 Å². The van der Waals surface area contributed by atoms with Crippen LogP contribution in [-0.4, -0.2) is 21.2 Å². The molecule has 0 atom stereocenters. The molecule has 0 saturated heterocycles. The number of nitrogens with one attached hydrogen (secondary N) is 1. The molecule has 0 bridgehead atoms. The zero-order valence-corrected chi connectivity index (χ0v) is 12.0. The number of pyridine rings is 1. The van der Waals surface area contributed by atoms with Crippen LogP contribution in [0.2, 0.25) is 0 Å². The fraction of sp³-hybridized carbons (Fsp3) is 0. The van der Waals surface area contributed by atoms with Crippen molar-refractivity contribution in [1.29, 1.82) is 0 Å². The van der Waals surface area contributed by atoms with Gasteiger partial charge >= 0.3 is 0 Å². The number of aromatic nitrogens is 3. The Morgan fingerprint density at radius 2 is 1.87 bits per heavy atom. The second kappa shape index (κ2) is 6.52. The van der Waals surface area contributed by atoms with E-state index in [1.165, 1.54) is 6.33 Å². The number of aldehydes is 1. The maximum atomic E-state index is 11.1. The fourth-order valence-electron chi connectivity index (χ4n) is 1.89. The van der Waals surface area contributed by atoms with Crippen molar-refractivity contribution in [2.24, 2.45) is 0 Å². The van der Waals surface area contributed by atoms with Gasteiger partial charge in [-0.25, -0.2) is 15.0 Å². The first-order chi connectivity index (χ1) is 11.3. The third-order valence-electron chi connectivity index (χ3n) is 3.00. The van der Waals surface area contributed by atoms with Crippen molar-refractivity contribution in [3.63, 3.8) is 0 Å². The normalized spacial score (nSPS) is 10.1. The Morgan fingerprint density at radius 3 is 2.57 bits per heavy atom. The largest absolute Gasteiger partial charge is 0.439 e. The third-order valence-corrected chi connectivity index (χ3v) is 3.00. The highest BCUT2D eigenvalue weighted by atomic mass is 16.5. The second-order valence-corrected chi connectivity index (χ2v) is 4.56. The van der Waals surface area contributed by atoms with Gasteiger partial charge < -0.3 is 15.8 Å². The van der Waals surface area contributed by atoms with Crippen LogP contribution in [0.4, 0.5) is 17.3 Å². The second-order valence-electron chi connectivity index (χ2n) is 4.56. The molecule has 7 nitrogen and oxygen atoms in total. The van der Waals surface area contributed by atoms with Gasteiger partial charge in [-0.3, -0.25) is 4.79 Å². The topological polar surface area (TPSA) is 103 Å². The zero-order chi connectivity index (χ0) is 16.1. The molecule has 0 aliphatic rings. The number of ether oxygens (including phenoxy) is 1. The molecule has 2 heterocycles. The van der Waals surface area contributed by atoms with Crippen molar-refractivity contribution < 1.29 is 9.53 Å². The number of rotatable bonds is 5. The van der Waals surface area contributed by atoms with Crippen molar-refractivity contribution in [2.75, 3.05) is 11.1 Å². The number of hydrogen-bond donors (Lipinski definition) is 2. The van der Waals surface area contributed by atoms with Gasteiger partial charge in [-0.05, 0) is 18.2 Å². The van der Waals surface area contributed by atoms with E-state index in [4.69, 9.17) is 10.5 Å². The molecular weight excluding hydrogens is 294 g/mol. The number of hydrogen-bond acceptors (Lipinski definition) is 7. The van der Waals surface area contributed by atoms with E-state index in [0.717, 1.165) is 0 Å². The van der Waals surface area contributed by atoms with Crippen molar-refractivity contribution >= 4 is 23.6 Å². The lowest BCUT2D eigenvalue weighted by molar-refractivity contribution is 0.112. The first-order valence-corrected chi connectivity index (χ1v) is 6.78. The lowest BCUT2D eigenvalue weighted by Crippen LogP contribution is -2.04. The summed E-state index contributed by atoms with van der Waals surface area (Å²) in [7, 11) is 0. The van der Waals surface area contributed by atoms with E-state index in [2.05, 4.69) is 20.3 Å². The van der Waals surface area contributed by atoms with Crippen LogP contribution in [0.25, 0.3) is 0 Å². The van der Waals surface area contributed by atoms with E-state index in [1.807, 2.05) is 30.3 Å². The molecule has 23 heavy (non-hydrogen) atoms. The number of anilines is 3. The van der Waals surface area contributed by atoms with Gasteiger partial charge in [-0.2, -0.15) is 0 Å². The molecular formula is C16H13N5O2. The zero-order valence-electron chi connectivity index (χ0n) is 12.0. The monoisotopic (exact) mass is 307 g/mol. The lowest BCUT2D eigenvalue weighted by Gasteiger charge is -2.09. The van der Waals surface area contributed by atoms with Crippen LogP contribution in [0.5, 0.6) is 11.6 Å². The summed E-state index contributed by atoms with van der Waals surface area (Å²) in [6, 6.07) is 12.8. The van der Waals surface area contributed by atoms with Gasteiger partial charge in [-0.1, -0.05) is 18.2 Å². The van der Waals surface area contributed by atoms with E-state index in [1.54, 1.807) is 18.3 Å². The highest BCUT2D eigenvalue weighted by Crippen LogP contribution is 2.23. The number of nitrogens with two attached hydrogens (primary N) is 1. The summed E-state index contributed by atoms with van der Waals surface area (Å²) in [5.74, 6) is 1.60. The Bertz CT molecular complexity index is 806. The molecule has 0 fully saturated rings. The molecule has 7 heteroatoms. The van der Waals surface area contributed by atoms with E-state index in [9.17, 15) is 4.79 Å². The minimum atomic E-state index is 0.120. The van der Waals surface area contributed by atoms with Gasteiger partial charge in [0, 0.05) is 6.07 Å². The molecule has 1 aromatic carbocycles. The third kappa shape index (κ3) is 3.41. The molecule has 2 aromatic heterocycles. The molecule has 0 radical (unpaired) electrons. The van der Waals surface area contributed by atoms with Crippen molar-refractivity contribution in [3.8, 4) is 11.6 Å². The average molecular weight is 307 g/mol. The van der Waals surface area contributed by atoms with Gasteiger partial charge in [0.25, 0.3) is 0 Å². The first kappa shape index (κ1) is 14.5. The summed E-state index contributed by atoms with van der Waals surface area (Å²) >= 11 is 0. The van der Waals surface area contributed by atoms with Gasteiger partial charge in [0.05, 0.1) is 17.4 Å². The predicted octanol–water partition coefficient (Wildman–Crippen LogP) is 2.80. The molecule has 3 rings (SSSR count). The molecule has 3 aromatic rings. The number of nitrogen functional groups attached to an aromatic ring is 1. The Morgan fingerprint density at radius 1 is 1.04 bits per heavy atom. The smallest absolute Gasteiger partial charge is 0.219 e. The van der Waals surface area contributed by atoms with Crippen molar-refractivity contribution in [3.05, 3.63) is 60.6 Å². The predicted molar refractivity (Wildman–Crippen MR) is 85.9 cm³/mol. The summed E-state index contributed by atoms with van der Waals surface area (Å²) in [6.45, 7) is 0. The van der Waals surface area contributed by atoms with E-state index >= 15 is 0 Å². The van der Waals surface area contributed by atoms with Crippen LogP contribution in [0, 0.1) is 0 Å². The maximum Gasteiger partial charge on any atom is 0.219 e. The lowest BCUT2D eigenvalue weighted by atomic mass is 10.3. The minimum absolute atomic E-state index is 0.120. The van der Waals surface area contributed by atoms with Crippen LogP contribution >= 0.6 is 0 Å². The molecule has 0 aliphatic carbocycles. The Balaban J connectivity index is 1.75. The molecule has 114 valence electrons. The Kier molecular flexibility index (Phi) is 4.10. The fourth-order valence-corrected chi connectivity index (χ4v) is 1.89. The first-order valence-electron chi connectivity index (χ1n) is 6.78. The summed E-state index contributed by atoms with van der Waals surface area (Å²) in [5, 5.41) is 2.97. The summed E-state index contributed by atoms with van der Waals surface area (Å²) in [5.41, 5.74) is 6.49. The summed E-state index contributed by atoms with van der Waals surface area (Å²) in [4.78, 5) is 23.0. The molecule has 0 unspecified atom stereocenters. The number of benzene rings is 1. The van der Waals surface area contributed by atoms with Crippen LogP contribution in [0.15, 0.2) is 55.0 Å². The standard InChI is InChI=1S/C16H13N5O2/c17-15-13(9-22)16(20-10-19-15)21-11-6-7-14(18-8-11)23-12-4-2-1-3-5-12/h1-10H,(H3,17,19,20,21). The summed E-state index contributed by atoms with van der Waals surface area (Å²) < 4.78 is 5.61. The molecule has 0 amide bonds. The van der Waals surface area contributed by atoms with E-state index in [0.29, 0.717) is 29.4 Å². The molecule has 0 saturated carbocycles. The quantitative estimate of drug-likeness (QED) is 0.698. The van der Waals surface area contributed by atoms with Gasteiger partial charge in [-0.15, -0.1) is 0 Å². The van der Waals surface area contributed by atoms with Crippen molar-refractivity contribution in [2.45, 2.75) is 0 Å². The molecule has 3 N–H and O–H groups in total. The van der Waals surface area contributed by atoms with Crippen LogP contribution in [0.1, 0.15) is 10.4 Å². The van der Waals surface area contributed by atoms with E-state index < -0.39 is 0 Å². The Labute approximate surface area is 132 Å². The number of nitrogens with zero attached hydrogens (tertiary/aromatic N) is 3. The van der Waals surface area contributed by atoms with Gasteiger partial charge in [0.2, 0.25) is 5.88 Å². The van der Waals surface area contributed by atoms with Gasteiger partial charge in [0.15, 0.2) is 6.29 Å². The average Bonchev–Trinajstić information content (AvgIpc) is 2.58. The highest BCUT2D eigenvalue weighted by molar-refractivity contribution is 5.89. The number of carbonyl (C=O) groups excluding carboxylic acids is 1. The van der Waals surface area contributed by atoms with Crippen molar-refractivity contribution in [1.82, 2.24) is 15.0 Å². The number of carbonyl (C=O) groups is 1. The van der Waals surface area contributed by atoms with Crippen LogP contribution in [0.3, 0.4) is 0 Å². The highest BCUT2D eigenvalue weighted by Gasteiger charge is 2.08. The SMILES string of the molecule is Nc1ncnc(Nc2ccc(Oc3ccccc3)nc2)c1C=O. The summed E-state index contributed by atoms with van der Waals surface area (Å²) in [6.07, 6.45) is 3.47. The van der Waals surface area contributed by atoms with Crippen LogP contribution < -0.4 is 15.8 Å². The molecule has 0 spiro atoms. The minimum Gasteiger partial charge on any atom is -0.439 e. The Hall–Kier alpha value is -3.48. The number of para-hydroxylation sites is 1. The molecule has 0 aliphatic heterocycles. The van der Waals surface area contributed by atoms with Gasteiger partial charge in [0.1, 0.15) is 23.7 Å². The maximum absolute atomic E-state index is 11.1. The van der Waals surface area contributed by atoms with E-state index in [-0.39, 0.29) is 11.4 Å².